The third-order valence-electron chi connectivity index (χ3n) is 4.68. The highest BCUT2D eigenvalue weighted by Crippen LogP contribution is 2.24. The molecule has 5 nitrogen and oxygen atoms in total. The second kappa shape index (κ2) is 9.26. The third-order valence-corrected chi connectivity index (χ3v) is 6.88. The largest absolute Gasteiger partial charge is 0.351 e. The molecule has 0 atom stereocenters. The van der Waals surface area contributed by atoms with Crippen LogP contribution in [-0.4, -0.2) is 21.2 Å². The Kier molecular flexibility index (Phi) is 6.46. The fraction of sp³-hybridized carbons (Fsp3) is 0.174. The highest BCUT2D eigenvalue weighted by Gasteiger charge is 2.16. The van der Waals surface area contributed by atoms with Crippen LogP contribution in [0.15, 0.2) is 63.9 Å². The van der Waals surface area contributed by atoms with E-state index in [0.29, 0.717) is 26.9 Å². The number of nitrogens with one attached hydrogen (secondary N) is 1. The molecule has 0 bridgehead atoms. The summed E-state index contributed by atoms with van der Waals surface area (Å²) in [6.45, 7) is 4.33. The zero-order valence-electron chi connectivity index (χ0n) is 17.0. The first kappa shape index (κ1) is 21.6. The zero-order chi connectivity index (χ0) is 22.0. The second-order valence-electron chi connectivity index (χ2n) is 7.17. The molecule has 158 valence electrons. The maximum absolute atomic E-state index is 13.2. The van der Waals surface area contributed by atoms with Gasteiger partial charge in [-0.1, -0.05) is 47.6 Å². The molecule has 0 aliphatic rings. The van der Waals surface area contributed by atoms with Gasteiger partial charge in [-0.2, -0.15) is 0 Å². The quantitative estimate of drug-likeness (QED) is 0.314. The monoisotopic (exact) mass is 469 g/mol. The van der Waals surface area contributed by atoms with E-state index in [1.165, 1.54) is 23.1 Å². The summed E-state index contributed by atoms with van der Waals surface area (Å²) in [7, 11) is 0. The average Bonchev–Trinajstić information content (AvgIpc) is 3.20. The lowest BCUT2D eigenvalue weighted by atomic mass is 10.1. The lowest BCUT2D eigenvalue weighted by Gasteiger charge is -2.13. The Labute approximate surface area is 193 Å². The van der Waals surface area contributed by atoms with Crippen LogP contribution in [0.4, 0.5) is 0 Å². The predicted octanol–water partition coefficient (Wildman–Crippen LogP) is 5.13. The fourth-order valence-electron chi connectivity index (χ4n) is 3.31. The van der Waals surface area contributed by atoms with Crippen molar-refractivity contribution in [3.05, 3.63) is 86.0 Å². The van der Waals surface area contributed by atoms with Crippen molar-refractivity contribution in [2.24, 2.45) is 0 Å². The van der Waals surface area contributed by atoms with Gasteiger partial charge < -0.3 is 5.32 Å². The first-order valence-electron chi connectivity index (χ1n) is 9.64. The summed E-state index contributed by atoms with van der Waals surface area (Å²) in [5.41, 5.74) is 4.25. The predicted molar refractivity (Wildman–Crippen MR) is 129 cm³/mol. The highest BCUT2D eigenvalue weighted by molar-refractivity contribution is 7.99. The summed E-state index contributed by atoms with van der Waals surface area (Å²) in [6.07, 6.45) is 0. The number of thiophene rings is 1. The Bertz CT molecular complexity index is 1310. The third kappa shape index (κ3) is 4.84. The van der Waals surface area contributed by atoms with Crippen LogP contribution in [0, 0.1) is 13.8 Å². The number of nitrogens with zero attached hydrogens (tertiary/aromatic N) is 2. The normalized spacial score (nSPS) is 11.1. The van der Waals surface area contributed by atoms with Gasteiger partial charge in [-0.3, -0.25) is 14.2 Å². The molecule has 0 aliphatic heterocycles. The number of rotatable bonds is 6. The highest BCUT2D eigenvalue weighted by atomic mass is 35.5. The Hall–Kier alpha value is -2.61. The molecule has 0 saturated carbocycles. The number of benzene rings is 2. The van der Waals surface area contributed by atoms with Crippen LogP contribution in [0.1, 0.15) is 16.7 Å². The average molecular weight is 470 g/mol. The van der Waals surface area contributed by atoms with Gasteiger partial charge >= 0.3 is 0 Å². The van der Waals surface area contributed by atoms with Crippen molar-refractivity contribution in [1.29, 1.82) is 0 Å². The number of amides is 1. The molecule has 0 radical (unpaired) electrons. The molecule has 1 N–H and O–H groups in total. The van der Waals surface area contributed by atoms with Gasteiger partial charge in [-0.25, -0.2) is 4.98 Å². The summed E-state index contributed by atoms with van der Waals surface area (Å²) >= 11 is 8.77. The van der Waals surface area contributed by atoms with Gasteiger partial charge in [-0.15, -0.1) is 11.3 Å². The van der Waals surface area contributed by atoms with Crippen molar-refractivity contribution in [3.63, 3.8) is 0 Å². The number of fused-ring (bicyclic) bond motifs is 1. The van der Waals surface area contributed by atoms with Gasteiger partial charge in [-0.05, 0) is 60.2 Å². The summed E-state index contributed by atoms with van der Waals surface area (Å²) in [4.78, 5) is 30.4. The number of aromatic nitrogens is 2. The van der Waals surface area contributed by atoms with Gasteiger partial charge in [0.15, 0.2) is 5.16 Å². The van der Waals surface area contributed by atoms with E-state index in [4.69, 9.17) is 11.6 Å². The molecule has 0 unspecified atom stereocenters. The van der Waals surface area contributed by atoms with Crippen LogP contribution < -0.4 is 10.9 Å². The molecule has 0 aliphatic carbocycles. The van der Waals surface area contributed by atoms with Gasteiger partial charge in [0.2, 0.25) is 5.91 Å². The molecule has 31 heavy (non-hydrogen) atoms. The van der Waals surface area contributed by atoms with Crippen molar-refractivity contribution in [2.75, 3.05) is 5.75 Å². The van der Waals surface area contributed by atoms with Crippen molar-refractivity contribution in [1.82, 2.24) is 14.9 Å². The summed E-state index contributed by atoms with van der Waals surface area (Å²) in [6, 6.07) is 15.2. The van der Waals surface area contributed by atoms with Crippen molar-refractivity contribution in [3.8, 4) is 5.69 Å². The molecule has 4 rings (SSSR count). The molecule has 0 fully saturated rings. The standard InChI is InChI=1S/C23H20ClN3O2S2/c1-14-9-15(2)11-17(10-14)27-22(29)21-19(7-8-30-21)26-23(27)31-13-20(28)25-12-16-5-3-4-6-18(16)24/h3-11H,12-13H2,1-2H3,(H,25,28). The number of carbonyl (C=O) groups excluding carboxylic acids is 1. The number of hydrogen-bond acceptors (Lipinski definition) is 5. The van der Waals surface area contributed by atoms with Crippen molar-refractivity contribution in [2.45, 2.75) is 25.5 Å². The number of thioether (sulfide) groups is 1. The van der Waals surface area contributed by atoms with Crippen LogP contribution in [0.5, 0.6) is 0 Å². The van der Waals surface area contributed by atoms with Crippen LogP contribution >= 0.6 is 34.7 Å². The minimum absolute atomic E-state index is 0.121. The number of halogens is 1. The molecule has 1 amide bonds. The van der Waals surface area contributed by atoms with Gasteiger partial charge in [0.05, 0.1) is 17.0 Å². The smallest absolute Gasteiger partial charge is 0.276 e. The van der Waals surface area contributed by atoms with Crippen LogP contribution in [0.25, 0.3) is 15.9 Å². The minimum Gasteiger partial charge on any atom is -0.351 e. The van der Waals surface area contributed by atoms with E-state index in [0.717, 1.165) is 22.4 Å². The first-order valence-corrected chi connectivity index (χ1v) is 11.9. The van der Waals surface area contributed by atoms with Crippen molar-refractivity contribution < 1.29 is 4.79 Å². The van der Waals surface area contributed by atoms with E-state index in [2.05, 4.69) is 16.4 Å². The Morgan fingerprint density at radius 3 is 2.65 bits per heavy atom. The van der Waals surface area contributed by atoms with Gasteiger partial charge in [0.25, 0.3) is 5.56 Å². The minimum atomic E-state index is -0.156. The van der Waals surface area contributed by atoms with Gasteiger partial charge in [0.1, 0.15) is 4.70 Å². The maximum atomic E-state index is 13.2. The summed E-state index contributed by atoms with van der Waals surface area (Å²) < 4.78 is 2.21. The first-order chi connectivity index (χ1) is 14.9. The molecule has 8 heteroatoms. The molecule has 2 aromatic heterocycles. The second-order valence-corrected chi connectivity index (χ2v) is 9.44. The molecule has 2 heterocycles. The number of hydrogen-bond donors (Lipinski definition) is 1. The fourth-order valence-corrected chi connectivity index (χ4v) is 5.12. The van der Waals surface area contributed by atoms with E-state index < -0.39 is 0 Å². The summed E-state index contributed by atoms with van der Waals surface area (Å²) in [5.74, 6) is -0.0197. The van der Waals surface area contributed by atoms with Gasteiger partial charge in [0, 0.05) is 11.6 Å². The topological polar surface area (TPSA) is 64.0 Å². The Balaban J connectivity index is 1.60. The van der Waals surface area contributed by atoms with E-state index >= 15 is 0 Å². The molecular formula is C23H20ClN3O2S2. The van der Waals surface area contributed by atoms with Crippen molar-refractivity contribution >= 4 is 50.8 Å². The van der Waals surface area contributed by atoms with Crippen LogP contribution in [0.3, 0.4) is 0 Å². The zero-order valence-corrected chi connectivity index (χ0v) is 19.4. The van der Waals surface area contributed by atoms with E-state index in [1.807, 2.05) is 55.6 Å². The number of carbonyl (C=O) groups is 1. The number of aryl methyl sites for hydroxylation is 2. The van der Waals surface area contributed by atoms with E-state index in [-0.39, 0.29) is 17.2 Å². The SMILES string of the molecule is Cc1cc(C)cc(-n2c(SCC(=O)NCc3ccccc3Cl)nc3ccsc3c2=O)c1. The molecule has 4 aromatic rings. The van der Waals surface area contributed by atoms with Crippen LogP contribution in [-0.2, 0) is 11.3 Å². The lowest BCUT2D eigenvalue weighted by molar-refractivity contribution is -0.118. The molecular weight excluding hydrogens is 450 g/mol. The summed E-state index contributed by atoms with van der Waals surface area (Å²) in [5, 5.41) is 5.84. The molecule has 0 spiro atoms. The van der Waals surface area contributed by atoms with E-state index in [1.54, 1.807) is 10.6 Å². The Morgan fingerprint density at radius 1 is 1.16 bits per heavy atom. The molecule has 2 aromatic carbocycles. The van der Waals surface area contributed by atoms with Crippen LogP contribution in [0.2, 0.25) is 5.02 Å². The van der Waals surface area contributed by atoms with E-state index in [9.17, 15) is 9.59 Å². The molecule has 0 saturated heterocycles. The Morgan fingerprint density at radius 2 is 1.90 bits per heavy atom. The maximum Gasteiger partial charge on any atom is 0.276 e. The lowest BCUT2D eigenvalue weighted by Crippen LogP contribution is -2.26.